The van der Waals surface area contributed by atoms with E-state index < -0.39 is 5.41 Å². The molecule has 2 rings (SSSR count). The van der Waals surface area contributed by atoms with Gasteiger partial charge < -0.3 is 14.5 Å². The third kappa shape index (κ3) is 2.33. The van der Waals surface area contributed by atoms with Crippen molar-refractivity contribution in [2.75, 3.05) is 14.2 Å². The van der Waals surface area contributed by atoms with Crippen LogP contribution in [-0.4, -0.2) is 25.1 Å². The molecule has 0 saturated heterocycles. The van der Waals surface area contributed by atoms with Gasteiger partial charge in [-0.15, -0.1) is 0 Å². The van der Waals surface area contributed by atoms with Crippen molar-refractivity contribution in [2.24, 2.45) is 5.41 Å². The molecule has 0 aliphatic heterocycles. The van der Waals surface area contributed by atoms with Gasteiger partial charge in [0.2, 0.25) is 0 Å². The Morgan fingerprint density at radius 1 is 1.47 bits per heavy atom. The Morgan fingerprint density at radius 2 is 2.21 bits per heavy atom. The zero-order valence-corrected chi connectivity index (χ0v) is 11.6. The first kappa shape index (κ1) is 13.5. The molecule has 1 N–H and O–H groups in total. The highest BCUT2D eigenvalue weighted by atomic mass is 16.5. The highest BCUT2D eigenvalue weighted by Gasteiger charge is 2.38. The highest BCUT2D eigenvalue weighted by molar-refractivity contribution is 5.78. The van der Waals surface area contributed by atoms with E-state index in [1.807, 2.05) is 39.1 Å². The molecule has 0 radical (unpaired) electrons. The van der Waals surface area contributed by atoms with Crippen LogP contribution in [-0.2, 0) is 9.53 Å². The van der Waals surface area contributed by atoms with E-state index in [0.29, 0.717) is 5.58 Å². The summed E-state index contributed by atoms with van der Waals surface area (Å²) in [4.78, 5) is 16.0. The molecule has 0 fully saturated rings. The first-order chi connectivity index (χ1) is 9.00. The second kappa shape index (κ2) is 5.01. The largest absolute Gasteiger partial charge is 0.469 e. The van der Waals surface area contributed by atoms with Gasteiger partial charge in [0, 0.05) is 6.04 Å². The van der Waals surface area contributed by atoms with Crippen LogP contribution in [0.2, 0.25) is 0 Å². The van der Waals surface area contributed by atoms with Crippen molar-refractivity contribution in [3.8, 4) is 0 Å². The number of ether oxygens (including phenoxy) is 1. The average molecular weight is 262 g/mol. The number of carbonyl (C=O) groups excluding carboxylic acids is 1. The number of nitrogens with zero attached hydrogens (tertiary/aromatic N) is 1. The first-order valence-electron chi connectivity index (χ1n) is 6.09. The highest BCUT2D eigenvalue weighted by Crippen LogP contribution is 2.35. The predicted octanol–water partition coefficient (Wildman–Crippen LogP) is 2.29. The molecule has 1 aromatic carbocycles. The minimum absolute atomic E-state index is 0.172. The summed E-state index contributed by atoms with van der Waals surface area (Å²) in [6, 6.07) is 5.55. The minimum atomic E-state index is -0.683. The summed E-state index contributed by atoms with van der Waals surface area (Å²) in [5.74, 6) is -0.260. The Bertz CT molecular complexity index is 589. The molecule has 5 nitrogen and oxygen atoms in total. The van der Waals surface area contributed by atoms with Gasteiger partial charge in [-0.05, 0) is 38.6 Å². The van der Waals surface area contributed by atoms with Crippen LogP contribution in [0.1, 0.15) is 25.5 Å². The molecule has 1 atom stereocenters. The standard InChI is InChI=1S/C14H18N2O3/c1-14(2,13(17)18-4)12(15-3)9-5-6-10-11(7-9)19-8-16-10/h5-8,12,15H,1-4H3. The van der Waals surface area contributed by atoms with Crippen molar-refractivity contribution in [3.63, 3.8) is 0 Å². The van der Waals surface area contributed by atoms with E-state index in [4.69, 9.17) is 9.15 Å². The number of benzene rings is 1. The van der Waals surface area contributed by atoms with Crippen molar-refractivity contribution in [1.82, 2.24) is 10.3 Å². The number of carbonyl (C=O) groups is 1. The van der Waals surface area contributed by atoms with Gasteiger partial charge in [0.1, 0.15) is 5.52 Å². The van der Waals surface area contributed by atoms with Gasteiger partial charge >= 0.3 is 5.97 Å². The number of esters is 1. The number of hydrogen-bond acceptors (Lipinski definition) is 5. The fraction of sp³-hybridized carbons (Fsp3) is 0.429. The number of aromatic nitrogens is 1. The molecular weight excluding hydrogens is 244 g/mol. The van der Waals surface area contributed by atoms with E-state index in [0.717, 1.165) is 11.1 Å². The minimum Gasteiger partial charge on any atom is -0.469 e. The molecule has 1 aromatic heterocycles. The maximum Gasteiger partial charge on any atom is 0.313 e. The van der Waals surface area contributed by atoms with Gasteiger partial charge in [-0.2, -0.15) is 0 Å². The number of nitrogens with one attached hydrogen (secondary N) is 1. The Balaban J connectivity index is 2.43. The van der Waals surface area contributed by atoms with Crippen LogP contribution >= 0.6 is 0 Å². The maximum absolute atomic E-state index is 11.9. The van der Waals surface area contributed by atoms with E-state index in [1.165, 1.54) is 13.5 Å². The van der Waals surface area contributed by atoms with Crippen LogP contribution in [0.4, 0.5) is 0 Å². The zero-order chi connectivity index (χ0) is 14.0. The quantitative estimate of drug-likeness (QED) is 0.856. The molecule has 19 heavy (non-hydrogen) atoms. The molecule has 1 unspecified atom stereocenters. The van der Waals surface area contributed by atoms with E-state index >= 15 is 0 Å². The summed E-state index contributed by atoms with van der Waals surface area (Å²) >= 11 is 0. The van der Waals surface area contributed by atoms with Gasteiger partial charge in [-0.3, -0.25) is 4.79 Å². The fourth-order valence-corrected chi connectivity index (χ4v) is 2.38. The molecule has 0 saturated carbocycles. The number of rotatable bonds is 4. The van der Waals surface area contributed by atoms with Crippen LogP contribution < -0.4 is 5.32 Å². The van der Waals surface area contributed by atoms with Crippen LogP contribution in [0.25, 0.3) is 11.1 Å². The normalized spacial score (nSPS) is 13.5. The molecule has 5 heteroatoms. The number of oxazole rings is 1. The lowest BCUT2D eigenvalue weighted by atomic mass is 9.80. The molecule has 0 spiro atoms. The number of hydrogen-bond donors (Lipinski definition) is 1. The Labute approximate surface area is 112 Å². The first-order valence-corrected chi connectivity index (χ1v) is 6.09. The molecule has 0 aliphatic carbocycles. The lowest BCUT2D eigenvalue weighted by molar-refractivity contribution is -0.152. The van der Waals surface area contributed by atoms with Gasteiger partial charge in [-0.25, -0.2) is 4.98 Å². The van der Waals surface area contributed by atoms with E-state index in [-0.39, 0.29) is 12.0 Å². The van der Waals surface area contributed by atoms with Crippen LogP contribution in [0.15, 0.2) is 29.0 Å². The third-order valence-electron chi connectivity index (χ3n) is 3.41. The smallest absolute Gasteiger partial charge is 0.313 e. The summed E-state index contributed by atoms with van der Waals surface area (Å²) in [7, 11) is 3.22. The molecule has 2 aromatic rings. The van der Waals surface area contributed by atoms with Gasteiger partial charge in [0.05, 0.1) is 12.5 Å². The number of fused-ring (bicyclic) bond motifs is 1. The SMILES string of the molecule is CNC(c1ccc2ncoc2c1)C(C)(C)C(=O)OC. The van der Waals surface area contributed by atoms with Crippen molar-refractivity contribution in [3.05, 3.63) is 30.2 Å². The Hall–Kier alpha value is -1.88. The average Bonchev–Trinajstić information content (AvgIpc) is 2.85. The lowest BCUT2D eigenvalue weighted by Gasteiger charge is -2.31. The molecule has 0 bridgehead atoms. The fourth-order valence-electron chi connectivity index (χ4n) is 2.38. The summed E-state index contributed by atoms with van der Waals surface area (Å²) in [5, 5.41) is 3.17. The molecule has 102 valence electrons. The van der Waals surface area contributed by atoms with Crippen molar-refractivity contribution in [1.29, 1.82) is 0 Å². The van der Waals surface area contributed by atoms with E-state index in [9.17, 15) is 4.79 Å². The summed E-state index contributed by atoms with van der Waals surface area (Å²) in [6.45, 7) is 3.70. The van der Waals surface area contributed by atoms with Gasteiger partial charge in [-0.1, -0.05) is 6.07 Å². The summed E-state index contributed by atoms with van der Waals surface area (Å²) in [5.41, 5.74) is 1.78. The lowest BCUT2D eigenvalue weighted by Crippen LogP contribution is -2.39. The van der Waals surface area contributed by atoms with Crippen LogP contribution in [0.5, 0.6) is 0 Å². The molecular formula is C14H18N2O3. The zero-order valence-electron chi connectivity index (χ0n) is 11.6. The summed E-state index contributed by atoms with van der Waals surface area (Å²) in [6.07, 6.45) is 1.41. The Kier molecular flexibility index (Phi) is 3.57. The van der Waals surface area contributed by atoms with E-state index in [2.05, 4.69) is 10.3 Å². The molecule has 1 heterocycles. The summed E-state index contributed by atoms with van der Waals surface area (Å²) < 4.78 is 10.2. The predicted molar refractivity (Wildman–Crippen MR) is 71.6 cm³/mol. The van der Waals surface area contributed by atoms with Crippen molar-refractivity contribution >= 4 is 17.1 Å². The second-order valence-electron chi connectivity index (χ2n) is 5.01. The molecule has 0 amide bonds. The number of methoxy groups -OCH3 is 1. The third-order valence-corrected chi connectivity index (χ3v) is 3.41. The van der Waals surface area contributed by atoms with E-state index in [1.54, 1.807) is 0 Å². The van der Waals surface area contributed by atoms with Crippen molar-refractivity contribution in [2.45, 2.75) is 19.9 Å². The Morgan fingerprint density at radius 3 is 2.84 bits per heavy atom. The van der Waals surface area contributed by atoms with Crippen LogP contribution in [0, 0.1) is 5.41 Å². The monoisotopic (exact) mass is 262 g/mol. The van der Waals surface area contributed by atoms with Gasteiger partial charge in [0.15, 0.2) is 12.0 Å². The maximum atomic E-state index is 11.9. The second-order valence-corrected chi connectivity index (χ2v) is 5.01. The van der Waals surface area contributed by atoms with Crippen molar-refractivity contribution < 1.29 is 13.9 Å². The van der Waals surface area contributed by atoms with Crippen LogP contribution in [0.3, 0.4) is 0 Å². The molecule has 0 aliphatic rings. The van der Waals surface area contributed by atoms with Gasteiger partial charge in [0.25, 0.3) is 0 Å². The topological polar surface area (TPSA) is 64.4 Å².